The van der Waals surface area contributed by atoms with Crippen LogP contribution >= 0.6 is 23.1 Å². The number of esters is 2. The van der Waals surface area contributed by atoms with Crippen LogP contribution in [0.5, 0.6) is 0 Å². The summed E-state index contributed by atoms with van der Waals surface area (Å²) in [5.41, 5.74) is 1.97. The number of aryl methyl sites for hydroxylation is 3. The van der Waals surface area contributed by atoms with Gasteiger partial charge < -0.3 is 14.8 Å². The number of anilines is 1. The SMILES string of the molecule is CCOC(=O)c1cc(NC(=O)CSc2nc(C)nc3sc4c(c23)CCCC4)cc(C(=O)OCC)c1. The second kappa shape index (κ2) is 11.2. The van der Waals surface area contributed by atoms with Gasteiger partial charge in [0.1, 0.15) is 15.7 Å². The number of hydrogen-bond donors (Lipinski definition) is 1. The predicted octanol–water partition coefficient (Wildman–Crippen LogP) is 4.96. The van der Waals surface area contributed by atoms with Crippen molar-refractivity contribution in [1.82, 2.24) is 9.97 Å². The molecule has 1 N–H and O–H groups in total. The minimum atomic E-state index is -0.579. The number of nitrogens with zero attached hydrogens (tertiary/aromatic N) is 2. The largest absolute Gasteiger partial charge is 0.462 e. The number of thioether (sulfide) groups is 1. The van der Waals surface area contributed by atoms with E-state index < -0.39 is 11.9 Å². The highest BCUT2D eigenvalue weighted by Crippen LogP contribution is 2.39. The maximum atomic E-state index is 12.8. The molecule has 4 rings (SSSR count). The van der Waals surface area contributed by atoms with E-state index in [9.17, 15) is 14.4 Å². The van der Waals surface area contributed by atoms with Crippen LogP contribution in [-0.4, -0.2) is 46.8 Å². The molecule has 0 fully saturated rings. The van der Waals surface area contributed by atoms with Crippen LogP contribution in [0.4, 0.5) is 5.69 Å². The predicted molar refractivity (Wildman–Crippen MR) is 137 cm³/mol. The number of aromatic nitrogens is 2. The summed E-state index contributed by atoms with van der Waals surface area (Å²) in [6.45, 7) is 5.65. The molecular formula is C25H27N3O5S2. The molecule has 0 atom stereocenters. The molecule has 0 radical (unpaired) electrons. The van der Waals surface area contributed by atoms with Crippen molar-refractivity contribution in [2.75, 3.05) is 24.3 Å². The van der Waals surface area contributed by atoms with Crippen molar-refractivity contribution in [1.29, 1.82) is 0 Å². The smallest absolute Gasteiger partial charge is 0.338 e. The average molecular weight is 514 g/mol. The lowest BCUT2D eigenvalue weighted by Crippen LogP contribution is -2.16. The van der Waals surface area contributed by atoms with E-state index >= 15 is 0 Å². The highest BCUT2D eigenvalue weighted by Gasteiger charge is 2.22. The Morgan fingerprint density at radius 3 is 2.31 bits per heavy atom. The van der Waals surface area contributed by atoms with Gasteiger partial charge in [0.05, 0.1) is 30.1 Å². The first-order valence-corrected chi connectivity index (χ1v) is 13.4. The van der Waals surface area contributed by atoms with Gasteiger partial charge in [0.15, 0.2) is 0 Å². The Labute approximate surface area is 211 Å². The van der Waals surface area contributed by atoms with Crippen LogP contribution in [0.1, 0.15) is 63.7 Å². The first-order valence-electron chi connectivity index (χ1n) is 11.6. The molecule has 1 aliphatic carbocycles. The van der Waals surface area contributed by atoms with Crippen LogP contribution in [0.25, 0.3) is 10.2 Å². The summed E-state index contributed by atoms with van der Waals surface area (Å²) in [6, 6.07) is 4.39. The Bertz CT molecular complexity index is 1250. The Hall–Kier alpha value is -2.98. The van der Waals surface area contributed by atoms with Gasteiger partial charge in [-0.3, -0.25) is 4.79 Å². The zero-order valence-electron chi connectivity index (χ0n) is 19.9. The first-order chi connectivity index (χ1) is 16.9. The third-order valence-electron chi connectivity index (χ3n) is 5.47. The van der Waals surface area contributed by atoms with Crippen molar-refractivity contribution >= 4 is 56.8 Å². The fourth-order valence-electron chi connectivity index (χ4n) is 4.03. The Morgan fingerprint density at radius 1 is 1.00 bits per heavy atom. The van der Waals surface area contributed by atoms with E-state index in [2.05, 4.69) is 15.3 Å². The van der Waals surface area contributed by atoms with Gasteiger partial charge >= 0.3 is 11.9 Å². The van der Waals surface area contributed by atoms with Gasteiger partial charge in [-0.25, -0.2) is 19.6 Å². The van der Waals surface area contributed by atoms with E-state index in [4.69, 9.17) is 9.47 Å². The van der Waals surface area contributed by atoms with E-state index in [1.807, 2.05) is 6.92 Å². The van der Waals surface area contributed by atoms with Crippen LogP contribution in [0.15, 0.2) is 23.2 Å². The molecule has 2 heterocycles. The third kappa shape index (κ3) is 5.82. The minimum absolute atomic E-state index is 0.120. The summed E-state index contributed by atoms with van der Waals surface area (Å²) < 4.78 is 10.1. The Balaban J connectivity index is 1.54. The van der Waals surface area contributed by atoms with E-state index in [1.165, 1.54) is 46.8 Å². The van der Waals surface area contributed by atoms with Gasteiger partial charge in [-0.15, -0.1) is 11.3 Å². The molecule has 184 valence electrons. The van der Waals surface area contributed by atoms with Crippen LogP contribution in [0, 0.1) is 6.92 Å². The van der Waals surface area contributed by atoms with Crippen molar-refractivity contribution in [3.63, 3.8) is 0 Å². The number of carbonyl (C=O) groups is 3. The molecular weight excluding hydrogens is 486 g/mol. The fraction of sp³-hybridized carbons (Fsp3) is 0.400. The topological polar surface area (TPSA) is 107 Å². The number of amides is 1. The molecule has 10 heteroatoms. The Kier molecular flexibility index (Phi) is 8.02. The monoisotopic (exact) mass is 513 g/mol. The molecule has 0 unspecified atom stereocenters. The molecule has 1 aromatic carbocycles. The van der Waals surface area contributed by atoms with Crippen molar-refractivity contribution in [2.24, 2.45) is 0 Å². The minimum Gasteiger partial charge on any atom is -0.462 e. The van der Waals surface area contributed by atoms with Crippen LogP contribution < -0.4 is 5.32 Å². The summed E-state index contributed by atoms with van der Waals surface area (Å²) in [4.78, 5) is 49.0. The highest BCUT2D eigenvalue weighted by atomic mass is 32.2. The van der Waals surface area contributed by atoms with Gasteiger partial charge in [-0.05, 0) is 70.2 Å². The number of benzene rings is 1. The van der Waals surface area contributed by atoms with Gasteiger partial charge in [-0.1, -0.05) is 11.8 Å². The number of nitrogens with one attached hydrogen (secondary N) is 1. The summed E-state index contributed by atoms with van der Waals surface area (Å²) >= 11 is 3.10. The van der Waals surface area contributed by atoms with Crippen molar-refractivity contribution in [2.45, 2.75) is 51.5 Å². The number of carbonyl (C=O) groups excluding carboxylic acids is 3. The second-order valence-corrected chi connectivity index (χ2v) is 10.1. The van der Waals surface area contributed by atoms with Crippen molar-refractivity contribution in [3.05, 3.63) is 45.6 Å². The number of rotatable bonds is 8. The third-order valence-corrected chi connectivity index (χ3v) is 7.63. The maximum absolute atomic E-state index is 12.8. The van der Waals surface area contributed by atoms with E-state index in [-0.39, 0.29) is 36.0 Å². The van der Waals surface area contributed by atoms with Crippen molar-refractivity contribution < 1.29 is 23.9 Å². The average Bonchev–Trinajstić information content (AvgIpc) is 3.20. The van der Waals surface area contributed by atoms with E-state index in [1.54, 1.807) is 25.2 Å². The Morgan fingerprint density at radius 2 is 1.66 bits per heavy atom. The van der Waals surface area contributed by atoms with Gasteiger partial charge in [0, 0.05) is 16.0 Å². The lowest BCUT2D eigenvalue weighted by atomic mass is 9.97. The van der Waals surface area contributed by atoms with Gasteiger partial charge in [0.2, 0.25) is 5.91 Å². The molecule has 0 aliphatic heterocycles. The molecule has 0 saturated carbocycles. The molecule has 1 aliphatic rings. The lowest BCUT2D eigenvalue weighted by Gasteiger charge is -2.12. The standard InChI is InChI=1S/C25H27N3O5S2/c1-4-32-24(30)15-10-16(25(31)33-5-2)12-17(11-15)28-20(29)13-34-22-21-18-8-6-7-9-19(18)35-23(21)27-14(3)26-22/h10-12H,4-9,13H2,1-3H3,(H,28,29). The normalized spacial score (nSPS) is 12.8. The molecule has 0 spiro atoms. The van der Waals surface area contributed by atoms with E-state index in [0.29, 0.717) is 11.5 Å². The van der Waals surface area contributed by atoms with Crippen LogP contribution in [0.2, 0.25) is 0 Å². The molecule has 3 aromatic rings. The number of hydrogen-bond acceptors (Lipinski definition) is 9. The zero-order valence-corrected chi connectivity index (χ0v) is 21.6. The molecule has 0 saturated heterocycles. The summed E-state index contributed by atoms with van der Waals surface area (Å²) in [5, 5.41) is 4.68. The highest BCUT2D eigenvalue weighted by molar-refractivity contribution is 8.00. The molecule has 35 heavy (non-hydrogen) atoms. The molecule has 1 amide bonds. The number of ether oxygens (including phenoxy) is 2. The van der Waals surface area contributed by atoms with Gasteiger partial charge in [0.25, 0.3) is 0 Å². The van der Waals surface area contributed by atoms with Crippen LogP contribution in [0.3, 0.4) is 0 Å². The number of thiophene rings is 1. The zero-order chi connectivity index (χ0) is 24.9. The fourth-order valence-corrected chi connectivity index (χ4v) is 6.30. The summed E-state index contributed by atoms with van der Waals surface area (Å²) in [5.74, 6) is -0.636. The second-order valence-electron chi connectivity index (χ2n) is 8.04. The van der Waals surface area contributed by atoms with E-state index in [0.717, 1.165) is 34.5 Å². The van der Waals surface area contributed by atoms with Crippen molar-refractivity contribution in [3.8, 4) is 0 Å². The molecule has 2 aromatic heterocycles. The summed E-state index contributed by atoms with van der Waals surface area (Å²) in [7, 11) is 0. The summed E-state index contributed by atoms with van der Waals surface area (Å²) in [6.07, 6.45) is 4.42. The van der Waals surface area contributed by atoms with Crippen LogP contribution in [-0.2, 0) is 27.1 Å². The number of fused-ring (bicyclic) bond motifs is 3. The molecule has 8 nitrogen and oxygen atoms in total. The maximum Gasteiger partial charge on any atom is 0.338 e. The van der Waals surface area contributed by atoms with Gasteiger partial charge in [-0.2, -0.15) is 0 Å². The quantitative estimate of drug-likeness (QED) is 0.256. The first kappa shape index (κ1) is 25.1. The lowest BCUT2D eigenvalue weighted by molar-refractivity contribution is -0.113. The molecule has 0 bridgehead atoms.